The van der Waals surface area contributed by atoms with E-state index in [1.165, 1.54) is 5.56 Å². The molecule has 1 saturated heterocycles. The number of hydrogen-bond acceptors (Lipinski definition) is 3. The summed E-state index contributed by atoms with van der Waals surface area (Å²) < 4.78 is 6.38. The molecule has 0 aromatic heterocycles. The minimum absolute atomic E-state index is 0.0727. The van der Waals surface area contributed by atoms with Crippen molar-refractivity contribution in [1.82, 2.24) is 15.5 Å². The van der Waals surface area contributed by atoms with Gasteiger partial charge in [0, 0.05) is 30.7 Å². The van der Waals surface area contributed by atoms with E-state index in [4.69, 9.17) is 4.74 Å². The zero-order valence-electron chi connectivity index (χ0n) is 15.6. The molecule has 2 aromatic carbocycles. The largest absolute Gasteiger partial charge is 0.379 e. The number of nitrogens with one attached hydrogen (secondary N) is 2. The number of carbonyl (C=O) groups is 1. The summed E-state index contributed by atoms with van der Waals surface area (Å²) in [6, 6.07) is 16.1. The molecule has 5 nitrogen and oxygen atoms in total. The van der Waals surface area contributed by atoms with Crippen LogP contribution in [0.3, 0.4) is 0 Å². The fourth-order valence-corrected chi connectivity index (χ4v) is 3.74. The summed E-state index contributed by atoms with van der Waals surface area (Å²) >= 11 is 3.52. The van der Waals surface area contributed by atoms with Gasteiger partial charge in [0.25, 0.3) is 0 Å². The molecule has 2 N–H and O–H groups in total. The van der Waals surface area contributed by atoms with Crippen molar-refractivity contribution < 1.29 is 9.53 Å². The molecule has 1 aliphatic rings. The minimum atomic E-state index is -0.171. The quantitative estimate of drug-likeness (QED) is 0.730. The summed E-state index contributed by atoms with van der Waals surface area (Å²) in [7, 11) is 0. The fraction of sp³-hybridized carbons (Fsp3) is 0.381. The molecule has 27 heavy (non-hydrogen) atoms. The van der Waals surface area contributed by atoms with E-state index >= 15 is 0 Å². The highest BCUT2D eigenvalue weighted by Crippen LogP contribution is 2.22. The summed E-state index contributed by atoms with van der Waals surface area (Å²) in [6.07, 6.45) is 0. The van der Waals surface area contributed by atoms with Crippen LogP contribution in [0.1, 0.15) is 29.7 Å². The second-order valence-electron chi connectivity index (χ2n) is 6.78. The Morgan fingerprint density at radius 3 is 2.48 bits per heavy atom. The normalized spacial score (nSPS) is 15.9. The van der Waals surface area contributed by atoms with E-state index in [0.717, 1.165) is 48.4 Å². The van der Waals surface area contributed by atoms with Gasteiger partial charge in [-0.25, -0.2) is 4.79 Å². The Balaban J connectivity index is 1.45. The molecular weight excluding hydrogens is 406 g/mol. The van der Waals surface area contributed by atoms with Crippen molar-refractivity contribution in [2.24, 2.45) is 0 Å². The summed E-state index contributed by atoms with van der Waals surface area (Å²) in [6.45, 7) is 7.02. The maximum Gasteiger partial charge on any atom is 0.315 e. The van der Waals surface area contributed by atoms with Gasteiger partial charge in [-0.05, 0) is 29.7 Å². The van der Waals surface area contributed by atoms with Gasteiger partial charge in [0.15, 0.2) is 0 Å². The topological polar surface area (TPSA) is 53.6 Å². The van der Waals surface area contributed by atoms with Crippen LogP contribution in [0.5, 0.6) is 0 Å². The fourth-order valence-electron chi connectivity index (χ4n) is 3.11. The number of urea groups is 1. The summed E-state index contributed by atoms with van der Waals surface area (Å²) in [5, 5.41) is 5.90. The molecule has 1 atom stereocenters. The van der Waals surface area contributed by atoms with Gasteiger partial charge in [-0.15, -0.1) is 0 Å². The lowest BCUT2D eigenvalue weighted by Crippen LogP contribution is -2.36. The molecular formula is C21H26BrN3O2. The van der Waals surface area contributed by atoms with Crippen molar-refractivity contribution in [2.45, 2.75) is 26.1 Å². The van der Waals surface area contributed by atoms with Gasteiger partial charge in [0.1, 0.15) is 0 Å². The Labute approximate surface area is 169 Å². The van der Waals surface area contributed by atoms with Gasteiger partial charge in [-0.3, -0.25) is 4.90 Å². The molecule has 0 saturated carbocycles. The van der Waals surface area contributed by atoms with Gasteiger partial charge in [0.2, 0.25) is 0 Å². The molecule has 0 spiro atoms. The lowest BCUT2D eigenvalue weighted by atomic mass is 10.1. The average Bonchev–Trinajstić information content (AvgIpc) is 2.68. The first kappa shape index (κ1) is 19.9. The van der Waals surface area contributed by atoms with E-state index in [-0.39, 0.29) is 12.1 Å². The standard InChI is InChI=1S/C21H26BrN3O2/c1-16(19-4-2-3-5-20(19)22)24-21(26)23-14-17-6-8-18(9-7-17)15-25-10-12-27-13-11-25/h2-9,16H,10-15H2,1H3,(H2,23,24,26)/t16-/m0/s1. The summed E-state index contributed by atoms with van der Waals surface area (Å²) in [5.74, 6) is 0. The van der Waals surface area contributed by atoms with Crippen molar-refractivity contribution in [2.75, 3.05) is 26.3 Å². The zero-order valence-corrected chi connectivity index (χ0v) is 17.2. The first-order valence-corrected chi connectivity index (χ1v) is 10.1. The van der Waals surface area contributed by atoms with Gasteiger partial charge >= 0.3 is 6.03 Å². The SMILES string of the molecule is C[C@H](NC(=O)NCc1ccc(CN2CCOCC2)cc1)c1ccccc1Br. The highest BCUT2D eigenvalue weighted by molar-refractivity contribution is 9.10. The maximum atomic E-state index is 12.2. The number of nitrogens with zero attached hydrogens (tertiary/aromatic N) is 1. The molecule has 1 fully saturated rings. The predicted octanol–water partition coefficient (Wildman–Crippen LogP) is 3.84. The lowest BCUT2D eigenvalue weighted by Gasteiger charge is -2.26. The first-order valence-electron chi connectivity index (χ1n) is 9.28. The van der Waals surface area contributed by atoms with Crippen LogP contribution in [-0.2, 0) is 17.8 Å². The average molecular weight is 432 g/mol. The Bertz CT molecular complexity index is 745. The number of hydrogen-bond donors (Lipinski definition) is 2. The van der Waals surface area contributed by atoms with Crippen LogP contribution in [0.4, 0.5) is 4.79 Å². The number of carbonyl (C=O) groups excluding carboxylic acids is 1. The van der Waals surface area contributed by atoms with Crippen molar-refractivity contribution >= 4 is 22.0 Å². The van der Waals surface area contributed by atoms with Gasteiger partial charge in [-0.1, -0.05) is 58.4 Å². The number of rotatable bonds is 6. The Morgan fingerprint density at radius 1 is 1.11 bits per heavy atom. The monoisotopic (exact) mass is 431 g/mol. The third-order valence-corrected chi connectivity index (χ3v) is 5.43. The Hall–Kier alpha value is -1.89. The summed E-state index contributed by atoms with van der Waals surface area (Å²) in [4.78, 5) is 14.6. The van der Waals surface area contributed by atoms with Crippen molar-refractivity contribution in [3.8, 4) is 0 Å². The van der Waals surface area contributed by atoms with Crippen LogP contribution < -0.4 is 10.6 Å². The van der Waals surface area contributed by atoms with E-state index in [2.05, 4.69) is 55.7 Å². The molecule has 0 radical (unpaired) electrons. The number of morpholine rings is 1. The summed E-state index contributed by atoms with van der Waals surface area (Å²) in [5.41, 5.74) is 3.43. The van der Waals surface area contributed by atoms with E-state index in [1.807, 2.05) is 31.2 Å². The number of ether oxygens (including phenoxy) is 1. The zero-order chi connectivity index (χ0) is 19.1. The predicted molar refractivity (Wildman–Crippen MR) is 110 cm³/mol. The van der Waals surface area contributed by atoms with E-state index in [0.29, 0.717) is 6.54 Å². The van der Waals surface area contributed by atoms with Crippen LogP contribution in [0.15, 0.2) is 53.0 Å². The van der Waals surface area contributed by atoms with E-state index in [1.54, 1.807) is 0 Å². The molecule has 6 heteroatoms. The molecule has 1 aliphatic heterocycles. The minimum Gasteiger partial charge on any atom is -0.379 e. The van der Waals surface area contributed by atoms with Crippen LogP contribution >= 0.6 is 15.9 Å². The van der Waals surface area contributed by atoms with Crippen molar-refractivity contribution in [1.29, 1.82) is 0 Å². The molecule has 1 heterocycles. The van der Waals surface area contributed by atoms with Crippen LogP contribution in [0.2, 0.25) is 0 Å². The first-order chi connectivity index (χ1) is 13.1. The second kappa shape index (κ2) is 9.88. The molecule has 3 rings (SSSR count). The maximum absolute atomic E-state index is 12.2. The highest BCUT2D eigenvalue weighted by atomic mass is 79.9. The molecule has 0 aliphatic carbocycles. The van der Waals surface area contributed by atoms with E-state index < -0.39 is 0 Å². The molecule has 144 valence electrons. The van der Waals surface area contributed by atoms with Gasteiger partial charge < -0.3 is 15.4 Å². The Morgan fingerprint density at radius 2 is 1.78 bits per heavy atom. The van der Waals surface area contributed by atoms with Crippen molar-refractivity contribution in [3.63, 3.8) is 0 Å². The van der Waals surface area contributed by atoms with Crippen molar-refractivity contribution in [3.05, 3.63) is 69.7 Å². The molecule has 2 amide bonds. The van der Waals surface area contributed by atoms with Crippen LogP contribution in [-0.4, -0.2) is 37.2 Å². The van der Waals surface area contributed by atoms with Gasteiger partial charge in [0.05, 0.1) is 19.3 Å². The number of amides is 2. The van der Waals surface area contributed by atoms with Crippen LogP contribution in [0, 0.1) is 0 Å². The third kappa shape index (κ3) is 6.06. The highest BCUT2D eigenvalue weighted by Gasteiger charge is 2.12. The Kier molecular flexibility index (Phi) is 7.26. The number of benzene rings is 2. The van der Waals surface area contributed by atoms with E-state index in [9.17, 15) is 4.79 Å². The van der Waals surface area contributed by atoms with Gasteiger partial charge in [-0.2, -0.15) is 0 Å². The molecule has 2 aromatic rings. The third-order valence-electron chi connectivity index (χ3n) is 4.71. The molecule has 0 bridgehead atoms. The lowest BCUT2D eigenvalue weighted by molar-refractivity contribution is 0.0342. The second-order valence-corrected chi connectivity index (χ2v) is 7.63. The molecule has 0 unspecified atom stereocenters. The smallest absolute Gasteiger partial charge is 0.315 e. The van der Waals surface area contributed by atoms with Crippen LogP contribution in [0.25, 0.3) is 0 Å². The number of halogens is 1.